The SMILES string of the molecule is Cc1ccc(NS(=O)(=O)c2c(C)ccc3cccnc23)cc1C(N)=O. The Balaban J connectivity index is 2.11. The van der Waals surface area contributed by atoms with Crippen molar-refractivity contribution in [2.75, 3.05) is 4.72 Å². The summed E-state index contributed by atoms with van der Waals surface area (Å²) in [4.78, 5) is 15.8. The summed E-state index contributed by atoms with van der Waals surface area (Å²) in [6.07, 6.45) is 1.55. The molecule has 0 saturated heterocycles. The maximum atomic E-state index is 12.9. The Morgan fingerprint density at radius 3 is 2.52 bits per heavy atom. The van der Waals surface area contributed by atoms with Crippen LogP contribution in [0.3, 0.4) is 0 Å². The fraction of sp³-hybridized carbons (Fsp3) is 0.111. The summed E-state index contributed by atoms with van der Waals surface area (Å²) >= 11 is 0. The van der Waals surface area contributed by atoms with Crippen molar-refractivity contribution in [1.82, 2.24) is 4.98 Å². The summed E-state index contributed by atoms with van der Waals surface area (Å²) in [7, 11) is -3.89. The fourth-order valence-corrected chi connectivity index (χ4v) is 4.17. The van der Waals surface area contributed by atoms with Gasteiger partial charge in [-0.2, -0.15) is 0 Å². The number of aryl methyl sites for hydroxylation is 2. The summed E-state index contributed by atoms with van der Waals surface area (Å²) < 4.78 is 28.4. The highest BCUT2D eigenvalue weighted by Crippen LogP contribution is 2.27. The molecule has 1 amide bonds. The molecule has 25 heavy (non-hydrogen) atoms. The van der Waals surface area contributed by atoms with Crippen LogP contribution in [0.25, 0.3) is 10.9 Å². The molecule has 6 nitrogen and oxygen atoms in total. The molecule has 3 rings (SSSR count). The van der Waals surface area contributed by atoms with Crippen molar-refractivity contribution < 1.29 is 13.2 Å². The van der Waals surface area contributed by atoms with Crippen molar-refractivity contribution in [2.24, 2.45) is 5.73 Å². The van der Waals surface area contributed by atoms with Crippen LogP contribution in [0.4, 0.5) is 5.69 Å². The van der Waals surface area contributed by atoms with E-state index in [9.17, 15) is 13.2 Å². The second-order valence-corrected chi connectivity index (χ2v) is 7.41. The minimum absolute atomic E-state index is 0.117. The van der Waals surface area contributed by atoms with Crippen LogP contribution in [0.1, 0.15) is 21.5 Å². The third kappa shape index (κ3) is 3.18. The summed E-state index contributed by atoms with van der Waals surface area (Å²) in [6, 6.07) is 11.8. The molecule has 0 aliphatic rings. The minimum atomic E-state index is -3.89. The largest absolute Gasteiger partial charge is 0.366 e. The quantitative estimate of drug-likeness (QED) is 0.751. The molecule has 0 bridgehead atoms. The number of benzene rings is 2. The average molecular weight is 355 g/mol. The van der Waals surface area contributed by atoms with Gasteiger partial charge in [-0.25, -0.2) is 8.42 Å². The predicted molar refractivity (Wildman–Crippen MR) is 97.0 cm³/mol. The van der Waals surface area contributed by atoms with Crippen molar-refractivity contribution in [2.45, 2.75) is 18.7 Å². The van der Waals surface area contributed by atoms with Gasteiger partial charge in [-0.1, -0.05) is 24.3 Å². The van der Waals surface area contributed by atoms with Crippen LogP contribution >= 0.6 is 0 Å². The van der Waals surface area contributed by atoms with E-state index >= 15 is 0 Å². The third-order valence-corrected chi connectivity index (χ3v) is 5.51. The van der Waals surface area contributed by atoms with Crippen LogP contribution in [-0.4, -0.2) is 19.3 Å². The number of rotatable bonds is 4. The van der Waals surface area contributed by atoms with Gasteiger partial charge in [-0.05, 0) is 43.2 Å². The van der Waals surface area contributed by atoms with Crippen molar-refractivity contribution in [3.63, 3.8) is 0 Å². The number of sulfonamides is 1. The zero-order valence-electron chi connectivity index (χ0n) is 13.8. The molecule has 0 saturated carbocycles. The molecule has 1 heterocycles. The van der Waals surface area contributed by atoms with Crippen LogP contribution < -0.4 is 10.5 Å². The lowest BCUT2D eigenvalue weighted by molar-refractivity contribution is 0.0999. The molecule has 1 aromatic heterocycles. The lowest BCUT2D eigenvalue weighted by Crippen LogP contribution is -2.17. The molecule has 0 fully saturated rings. The number of carbonyl (C=O) groups is 1. The van der Waals surface area contributed by atoms with Crippen molar-refractivity contribution in [1.29, 1.82) is 0 Å². The Morgan fingerprint density at radius 1 is 1.08 bits per heavy atom. The van der Waals surface area contributed by atoms with Gasteiger partial charge in [0.2, 0.25) is 5.91 Å². The predicted octanol–water partition coefficient (Wildman–Crippen LogP) is 2.75. The highest BCUT2D eigenvalue weighted by atomic mass is 32.2. The fourth-order valence-electron chi connectivity index (χ4n) is 2.72. The first kappa shape index (κ1) is 16.9. The first-order valence-electron chi connectivity index (χ1n) is 7.57. The number of pyridine rings is 1. The normalized spacial score (nSPS) is 11.4. The number of nitrogens with one attached hydrogen (secondary N) is 1. The van der Waals surface area contributed by atoms with Gasteiger partial charge in [0.15, 0.2) is 0 Å². The lowest BCUT2D eigenvalue weighted by atomic mass is 10.1. The summed E-state index contributed by atoms with van der Waals surface area (Å²) in [6.45, 7) is 3.45. The van der Waals surface area contributed by atoms with E-state index in [1.54, 1.807) is 50.4 Å². The Bertz CT molecular complexity index is 1090. The van der Waals surface area contributed by atoms with Gasteiger partial charge in [0.1, 0.15) is 4.90 Å². The molecule has 0 aliphatic heterocycles. The molecule has 0 unspecified atom stereocenters. The molecule has 3 N–H and O–H groups in total. The van der Waals surface area contributed by atoms with E-state index in [0.29, 0.717) is 16.6 Å². The van der Waals surface area contributed by atoms with E-state index in [-0.39, 0.29) is 16.1 Å². The third-order valence-electron chi connectivity index (χ3n) is 3.95. The monoisotopic (exact) mass is 355 g/mol. The molecule has 0 atom stereocenters. The number of aromatic nitrogens is 1. The Hall–Kier alpha value is -2.93. The van der Waals surface area contributed by atoms with E-state index in [1.165, 1.54) is 6.07 Å². The van der Waals surface area contributed by atoms with Gasteiger partial charge in [0, 0.05) is 22.8 Å². The lowest BCUT2D eigenvalue weighted by Gasteiger charge is -2.13. The second-order valence-electron chi connectivity index (χ2n) is 5.79. The number of primary amides is 1. The Morgan fingerprint density at radius 2 is 1.80 bits per heavy atom. The first-order chi connectivity index (χ1) is 11.8. The number of amides is 1. The van der Waals surface area contributed by atoms with E-state index in [0.717, 1.165) is 5.39 Å². The Labute approximate surface area is 145 Å². The van der Waals surface area contributed by atoms with Crippen LogP contribution in [0.2, 0.25) is 0 Å². The molecule has 2 aromatic carbocycles. The maximum absolute atomic E-state index is 12.9. The molecular formula is C18H17N3O3S. The maximum Gasteiger partial charge on any atom is 0.264 e. The number of nitrogens with two attached hydrogens (primary N) is 1. The Kier molecular flexibility index (Phi) is 4.18. The second kappa shape index (κ2) is 6.18. The molecule has 7 heteroatoms. The molecule has 0 spiro atoms. The molecule has 128 valence electrons. The zero-order chi connectivity index (χ0) is 18.2. The van der Waals surface area contributed by atoms with E-state index in [2.05, 4.69) is 9.71 Å². The van der Waals surface area contributed by atoms with Gasteiger partial charge >= 0.3 is 0 Å². The topological polar surface area (TPSA) is 102 Å². The van der Waals surface area contributed by atoms with E-state index in [4.69, 9.17) is 5.73 Å². The smallest absolute Gasteiger partial charge is 0.264 e. The number of carbonyl (C=O) groups excluding carboxylic acids is 1. The molecule has 0 radical (unpaired) electrons. The van der Waals surface area contributed by atoms with Gasteiger partial charge in [-0.3, -0.25) is 14.5 Å². The average Bonchev–Trinajstić information content (AvgIpc) is 2.55. The summed E-state index contributed by atoms with van der Waals surface area (Å²) in [5.74, 6) is -0.610. The minimum Gasteiger partial charge on any atom is -0.366 e. The van der Waals surface area contributed by atoms with Crippen LogP contribution in [0, 0.1) is 13.8 Å². The van der Waals surface area contributed by atoms with Gasteiger partial charge in [0.05, 0.1) is 5.52 Å². The van der Waals surface area contributed by atoms with Crippen molar-refractivity contribution >= 4 is 32.5 Å². The highest BCUT2D eigenvalue weighted by Gasteiger charge is 2.21. The van der Waals surface area contributed by atoms with Crippen LogP contribution in [0.15, 0.2) is 53.6 Å². The first-order valence-corrected chi connectivity index (χ1v) is 9.05. The van der Waals surface area contributed by atoms with Crippen LogP contribution in [-0.2, 0) is 10.0 Å². The molecule has 3 aromatic rings. The number of nitrogens with zero attached hydrogens (tertiary/aromatic N) is 1. The van der Waals surface area contributed by atoms with Crippen molar-refractivity contribution in [3.05, 3.63) is 65.4 Å². The van der Waals surface area contributed by atoms with Gasteiger partial charge in [-0.15, -0.1) is 0 Å². The van der Waals surface area contributed by atoms with E-state index < -0.39 is 15.9 Å². The number of hydrogen-bond donors (Lipinski definition) is 2. The highest BCUT2D eigenvalue weighted by molar-refractivity contribution is 7.93. The standard InChI is InChI=1S/C18H17N3O3S/c1-11-6-8-14(10-15(11)18(19)22)21-25(23,24)17-12(2)5-7-13-4-3-9-20-16(13)17/h3-10,21H,1-2H3,(H2,19,22). The van der Waals surface area contributed by atoms with E-state index in [1.807, 2.05) is 6.07 Å². The summed E-state index contributed by atoms with van der Waals surface area (Å²) in [5, 5.41) is 0.732. The van der Waals surface area contributed by atoms with Gasteiger partial charge < -0.3 is 5.73 Å². The summed E-state index contributed by atoms with van der Waals surface area (Å²) in [5.41, 5.74) is 7.54. The molecule has 0 aliphatic carbocycles. The zero-order valence-corrected chi connectivity index (χ0v) is 14.6. The number of fused-ring (bicyclic) bond motifs is 1. The van der Waals surface area contributed by atoms with Crippen LogP contribution in [0.5, 0.6) is 0 Å². The molecular weight excluding hydrogens is 338 g/mol. The number of anilines is 1. The van der Waals surface area contributed by atoms with Crippen molar-refractivity contribution in [3.8, 4) is 0 Å². The van der Waals surface area contributed by atoms with Gasteiger partial charge in [0.25, 0.3) is 10.0 Å². The number of hydrogen-bond acceptors (Lipinski definition) is 4.